The fourth-order valence-corrected chi connectivity index (χ4v) is 12.7. The van der Waals surface area contributed by atoms with Crippen LogP contribution in [-0.4, -0.2) is 127 Å². The number of amides is 4. The van der Waals surface area contributed by atoms with Crippen LogP contribution >= 0.6 is 0 Å². The maximum Gasteiger partial charge on any atom is 0.407 e. The fraction of sp³-hybridized carbons (Fsp3) is 0.435. The molecule has 4 amide bonds. The molecule has 0 fully saturated rings. The molecule has 0 saturated heterocycles. The molecule has 0 radical (unpaired) electrons. The van der Waals surface area contributed by atoms with Crippen LogP contribution in [-0.2, 0) is 104 Å². The van der Waals surface area contributed by atoms with Gasteiger partial charge in [-0.05, 0) is 120 Å². The van der Waals surface area contributed by atoms with E-state index in [1.165, 1.54) is 13.0 Å². The number of methoxy groups -OCH3 is 1. The fourth-order valence-electron chi connectivity index (χ4n) is 12.7. The van der Waals surface area contributed by atoms with E-state index in [0.29, 0.717) is 145 Å². The molecule has 2 aliphatic carbocycles. The van der Waals surface area contributed by atoms with Gasteiger partial charge in [-0.25, -0.2) is 23.6 Å². The van der Waals surface area contributed by atoms with Crippen molar-refractivity contribution in [3.8, 4) is 22.5 Å². The Morgan fingerprint density at radius 2 is 1.49 bits per heavy atom. The number of ether oxygens (including phenoxy) is 8. The summed E-state index contributed by atoms with van der Waals surface area (Å²) in [6.45, 7) is 13.8. The Bertz CT molecular complexity index is 3990. The molecule has 11 rings (SSSR count). The van der Waals surface area contributed by atoms with Crippen LogP contribution in [0.1, 0.15) is 121 Å². The van der Waals surface area contributed by atoms with Crippen molar-refractivity contribution in [1.82, 2.24) is 40.5 Å². The summed E-state index contributed by atoms with van der Waals surface area (Å²) in [5, 5.41) is 20.6. The topological polar surface area (TPSA) is 273 Å². The molecule has 3 aromatic heterocycles. The van der Waals surface area contributed by atoms with Crippen LogP contribution in [0.3, 0.4) is 0 Å². The molecule has 0 unspecified atom stereocenters. The normalized spacial score (nSPS) is 16.6. The second-order valence-corrected chi connectivity index (χ2v) is 24.3. The van der Waals surface area contributed by atoms with E-state index in [4.69, 9.17) is 42.9 Å². The molecule has 93 heavy (non-hydrogen) atoms. The minimum absolute atomic E-state index is 0.0290. The molecule has 2 aliphatic heterocycles. The van der Waals surface area contributed by atoms with Gasteiger partial charge in [-0.1, -0.05) is 80.6 Å². The number of aryl methyl sites for hydroxylation is 1. The van der Waals surface area contributed by atoms with Crippen LogP contribution in [0.25, 0.3) is 33.4 Å². The van der Waals surface area contributed by atoms with Gasteiger partial charge in [0.05, 0.1) is 113 Å². The number of pyridine rings is 2. The predicted molar refractivity (Wildman–Crippen MR) is 339 cm³/mol. The van der Waals surface area contributed by atoms with Crippen molar-refractivity contribution < 1.29 is 66.3 Å². The van der Waals surface area contributed by atoms with E-state index in [-0.39, 0.29) is 57.0 Å². The van der Waals surface area contributed by atoms with Crippen molar-refractivity contribution in [2.45, 2.75) is 130 Å². The van der Waals surface area contributed by atoms with E-state index < -0.39 is 59.3 Å². The quantitative estimate of drug-likeness (QED) is 0.0203. The summed E-state index contributed by atoms with van der Waals surface area (Å²) in [5.74, 6) is -2.54. The van der Waals surface area contributed by atoms with E-state index >= 15 is 4.39 Å². The molecule has 0 saturated carbocycles. The third kappa shape index (κ3) is 14.1. The predicted octanol–water partition coefficient (Wildman–Crippen LogP) is 8.52. The molecular formula is C69H78FN9O14. The van der Waals surface area contributed by atoms with Crippen molar-refractivity contribution in [2.75, 3.05) is 65.3 Å². The number of hydrogen-bond donors (Lipinski definition) is 4. The number of rotatable bonds is 28. The van der Waals surface area contributed by atoms with Crippen molar-refractivity contribution in [1.29, 1.82) is 0 Å². The van der Waals surface area contributed by atoms with E-state index in [2.05, 4.69) is 31.6 Å². The second-order valence-electron chi connectivity index (χ2n) is 24.3. The van der Waals surface area contributed by atoms with Crippen molar-refractivity contribution in [3.63, 3.8) is 0 Å². The van der Waals surface area contributed by atoms with E-state index in [9.17, 15) is 28.8 Å². The van der Waals surface area contributed by atoms with Crippen LogP contribution < -0.4 is 26.8 Å². The van der Waals surface area contributed by atoms with E-state index in [1.54, 1.807) is 68.4 Å². The number of esters is 1. The Labute approximate surface area is 537 Å². The number of cyclic esters (lactones) is 1. The first kappa shape index (κ1) is 65.5. The summed E-state index contributed by atoms with van der Waals surface area (Å²) in [7, 11) is 1.62. The zero-order chi connectivity index (χ0) is 65.5. The number of nitrogens with zero attached hydrogens (tertiary/aromatic N) is 5. The highest BCUT2D eigenvalue weighted by molar-refractivity contribution is 5.98. The van der Waals surface area contributed by atoms with Crippen molar-refractivity contribution in [3.05, 3.63) is 163 Å². The molecule has 490 valence electrons. The number of halogens is 1. The monoisotopic (exact) mass is 1280 g/mol. The lowest BCUT2D eigenvalue weighted by molar-refractivity contribution is -0.153. The summed E-state index contributed by atoms with van der Waals surface area (Å²) in [5.41, 5.74) is 9.81. The Morgan fingerprint density at radius 3 is 2.20 bits per heavy atom. The molecule has 4 N–H and O–H groups in total. The molecule has 24 heteroatoms. The number of nitrogens with one attached hydrogen (secondary N) is 4. The van der Waals surface area contributed by atoms with Gasteiger partial charge >= 0.3 is 18.2 Å². The van der Waals surface area contributed by atoms with Crippen LogP contribution in [0, 0.1) is 18.7 Å². The highest BCUT2D eigenvalue weighted by Crippen LogP contribution is 2.47. The summed E-state index contributed by atoms with van der Waals surface area (Å²) in [6.07, 6.45) is 1.42. The minimum atomic E-state index is -1.07. The highest BCUT2D eigenvalue weighted by Gasteiger charge is 2.44. The van der Waals surface area contributed by atoms with Crippen molar-refractivity contribution in [2.24, 2.45) is 5.92 Å². The Hall–Kier alpha value is -8.94. The smallest absolute Gasteiger partial charge is 0.407 e. The zero-order valence-corrected chi connectivity index (χ0v) is 53.3. The first-order valence-electron chi connectivity index (χ1n) is 31.5. The lowest BCUT2D eigenvalue weighted by atomic mass is 9.76. The number of carbonyl (C=O) groups is 5. The van der Waals surface area contributed by atoms with E-state index in [0.717, 1.165) is 27.8 Å². The number of benzene rings is 4. The van der Waals surface area contributed by atoms with Gasteiger partial charge in [-0.3, -0.25) is 19.2 Å². The van der Waals surface area contributed by atoms with Crippen molar-refractivity contribution >= 4 is 46.6 Å². The van der Waals surface area contributed by atoms with Gasteiger partial charge in [0.2, 0.25) is 11.8 Å². The summed E-state index contributed by atoms with van der Waals surface area (Å²) in [4.78, 5) is 87.8. The molecule has 4 atom stereocenters. The minimum Gasteiger partial charge on any atom is -0.460 e. The van der Waals surface area contributed by atoms with Crippen LogP contribution in [0.5, 0.6) is 0 Å². The number of aromatic nitrogens is 5. The average Bonchev–Trinajstić information content (AvgIpc) is 1.63. The van der Waals surface area contributed by atoms with Crippen LogP contribution in [0.4, 0.5) is 19.7 Å². The summed E-state index contributed by atoms with van der Waals surface area (Å²) < 4.78 is 64.1. The molecule has 0 spiro atoms. The molecule has 7 aromatic rings. The third-order valence-corrected chi connectivity index (χ3v) is 18.0. The summed E-state index contributed by atoms with van der Waals surface area (Å²) in [6, 6.07) is 21.5. The first-order chi connectivity index (χ1) is 45.0. The molecule has 23 nitrogen and oxygen atoms in total. The third-order valence-electron chi connectivity index (χ3n) is 18.0. The number of alkyl carbamates (subject to hydrolysis) is 2. The Morgan fingerprint density at radius 1 is 0.785 bits per heavy atom. The van der Waals surface area contributed by atoms with E-state index in [1.807, 2.05) is 61.5 Å². The first-order valence-corrected chi connectivity index (χ1v) is 31.5. The SMILES string of the molecule is CC[C@@]1(C)C(=O)OCc2c1cc1n(c2=O)Cc2c-1nc1cc(F)c(C)c3c1c2[C@@H](NC(=O)OCc1ccc(NC(=O)[C@H](C)NC(=O)[C@@H](NC(=O)OCC2c4ccccc4-c4ccccc42)C(C)C)cc1COCc1cn(CCOCCOCCOCCOC)nn1)CC3. The molecular weight excluding hydrogens is 1200 g/mol. The molecule has 5 heterocycles. The van der Waals surface area contributed by atoms with Crippen LogP contribution in [0.2, 0.25) is 0 Å². The highest BCUT2D eigenvalue weighted by atomic mass is 19.1. The van der Waals surface area contributed by atoms with Gasteiger partial charge < -0.3 is 63.7 Å². The standard InChI is InChI=1S/C69H78FN9O14/c1-8-69(6)54-30-58-62-51(33-79(58)65(82)53(54)38-91-66(69)83)60-56(20-19-46-40(4)55(70)31-57(73-62)59(46)60)74-67(84)92-35-42-17-18-44(29-43(42)34-90-36-45-32-78(77-76-45)21-22-87-25-26-89-28-27-88-24-23-86-7)72-63(80)41(5)71-64(81)61(39(2)3)75-68(85)93-37-52-49-15-11-9-13-47(49)48-14-10-12-16-50(48)52/h9-18,29-32,39,41,52,56,61H,8,19-28,33-38H2,1-7H3,(H,71,81)(H,72,80)(H,74,84)(H,75,85)/t41-,56-,61-,69+/m0/s1. The number of carbonyl (C=O) groups excluding carboxylic acids is 5. The number of hydrogen-bond acceptors (Lipinski definition) is 17. The zero-order valence-electron chi connectivity index (χ0n) is 53.3. The lowest BCUT2D eigenvalue weighted by Crippen LogP contribution is -2.53. The molecule has 4 aliphatic rings. The summed E-state index contributed by atoms with van der Waals surface area (Å²) >= 11 is 0. The van der Waals surface area contributed by atoms with Gasteiger partial charge in [-0.2, -0.15) is 0 Å². The maximum atomic E-state index is 15.7. The van der Waals surface area contributed by atoms with Gasteiger partial charge in [0, 0.05) is 35.7 Å². The Kier molecular flexibility index (Phi) is 20.4. The molecule has 4 aromatic carbocycles. The number of fused-ring (bicyclic) bond motifs is 8. The number of anilines is 1. The van der Waals surface area contributed by atoms with Gasteiger partial charge in [0.15, 0.2) is 0 Å². The second kappa shape index (κ2) is 28.9. The lowest BCUT2D eigenvalue weighted by Gasteiger charge is -2.33. The van der Waals surface area contributed by atoms with Crippen LogP contribution in [0.15, 0.2) is 89.9 Å². The van der Waals surface area contributed by atoms with Gasteiger partial charge in [0.1, 0.15) is 43.4 Å². The largest absolute Gasteiger partial charge is 0.460 e. The molecule has 0 bridgehead atoms. The Balaban J connectivity index is 0.760. The van der Waals surface area contributed by atoms with Gasteiger partial charge in [0.25, 0.3) is 5.56 Å². The maximum absolute atomic E-state index is 15.7. The van der Waals surface area contributed by atoms with Gasteiger partial charge in [-0.15, -0.1) is 5.10 Å². The average molecular weight is 1280 g/mol.